The zero-order valence-corrected chi connectivity index (χ0v) is 47.0. The van der Waals surface area contributed by atoms with Crippen LogP contribution in [0.5, 0.6) is 0 Å². The van der Waals surface area contributed by atoms with Crippen molar-refractivity contribution in [1.82, 2.24) is 19.1 Å². The van der Waals surface area contributed by atoms with Crippen LogP contribution >= 0.6 is 0 Å². The van der Waals surface area contributed by atoms with Crippen LogP contribution in [0.3, 0.4) is 0 Å². The molecule has 3 aliphatic rings. The molecule has 0 N–H and O–H groups in total. The molecule has 12 aromatic carbocycles. The summed E-state index contributed by atoms with van der Waals surface area (Å²) in [6.45, 7) is 9.43. The van der Waals surface area contributed by atoms with Gasteiger partial charge in [0.2, 0.25) is 0 Å². The first-order valence-electron chi connectivity index (χ1n) is 29.4. The van der Waals surface area contributed by atoms with Gasteiger partial charge in [0.05, 0.1) is 33.5 Å². The van der Waals surface area contributed by atoms with Crippen LogP contribution in [0.4, 0.5) is 0 Å². The van der Waals surface area contributed by atoms with Gasteiger partial charge in [0, 0.05) is 66.0 Å². The second kappa shape index (κ2) is 17.1. The maximum atomic E-state index is 5.60. The van der Waals surface area contributed by atoms with Gasteiger partial charge in [-0.05, 0) is 150 Å². The summed E-state index contributed by atoms with van der Waals surface area (Å²) in [5.74, 6) is 0.706. The maximum Gasteiger partial charge on any atom is 0.160 e. The fourth-order valence-electron chi connectivity index (χ4n) is 15.2. The number of hydrogen-bond acceptors (Lipinski definition) is 2. The summed E-state index contributed by atoms with van der Waals surface area (Å²) < 4.78 is 4.90. The Hall–Kier alpha value is -10.4. The summed E-state index contributed by atoms with van der Waals surface area (Å²) in [4.78, 5) is 11.1. The summed E-state index contributed by atoms with van der Waals surface area (Å²) in [6.07, 6.45) is 0. The Balaban J connectivity index is 0.725. The molecule has 3 heterocycles. The van der Waals surface area contributed by atoms with E-state index in [-0.39, 0.29) is 10.8 Å². The molecule has 0 spiro atoms. The lowest BCUT2D eigenvalue weighted by atomic mass is 9.82. The highest BCUT2D eigenvalue weighted by atomic mass is 15.0. The number of rotatable bonds is 6. The van der Waals surface area contributed by atoms with Crippen LogP contribution in [0, 0.1) is 0 Å². The van der Waals surface area contributed by atoms with E-state index >= 15 is 0 Å². The van der Waals surface area contributed by atoms with E-state index < -0.39 is 0 Å². The highest BCUT2D eigenvalue weighted by molar-refractivity contribution is 6.17. The Labute approximate surface area is 487 Å². The van der Waals surface area contributed by atoms with Gasteiger partial charge in [0.25, 0.3) is 0 Å². The normalized spacial score (nSPS) is 13.9. The lowest BCUT2D eigenvalue weighted by molar-refractivity contribution is 0.660. The number of fused-ring (bicyclic) bond motifs is 15. The van der Waals surface area contributed by atoms with Crippen LogP contribution in [0.25, 0.3) is 155 Å². The molecular weight excluding hydrogens is 1020 g/mol. The Morgan fingerprint density at radius 2 is 0.726 bits per heavy atom. The molecule has 4 nitrogen and oxygen atoms in total. The quantitative estimate of drug-likeness (QED) is 0.166. The average Bonchev–Trinajstić information content (AvgIpc) is 1.86. The van der Waals surface area contributed by atoms with E-state index in [1.807, 2.05) is 0 Å². The van der Waals surface area contributed by atoms with E-state index in [2.05, 4.69) is 292 Å². The highest BCUT2D eigenvalue weighted by Gasteiger charge is 2.37. The van der Waals surface area contributed by atoms with Crippen molar-refractivity contribution in [3.05, 3.63) is 277 Å². The number of aromatic nitrogens is 4. The monoisotopic (exact) mass is 1070 g/mol. The minimum Gasteiger partial charge on any atom is -0.309 e. The van der Waals surface area contributed by atoms with Crippen molar-refractivity contribution < 1.29 is 0 Å². The standard InChI is InChI=1S/C80H54N4/c1-79(2)66-26-9-5-20-56(66)58-38-36-54(45-68(58)79)83-70-28-11-7-22-60(70)64-43-51(34-40-72(64)83)47-30-32-49(33-31-47)76-75-62-24-14-16-48-17-15-25-63(74(48)62)77(75)82-78(81-76)53-19-13-18-50(42-53)52-35-41-73-65(44-52)61-23-8-12-29-71(61)84(73)55-37-39-59-57-21-6-10-27-67(57)80(3,4)69(59)46-55/h5-46H,1-4H3. The first-order chi connectivity index (χ1) is 41.2. The van der Waals surface area contributed by atoms with Gasteiger partial charge in [-0.15, -0.1) is 0 Å². The zero-order chi connectivity index (χ0) is 55.7. The van der Waals surface area contributed by atoms with Crippen LogP contribution in [0.15, 0.2) is 255 Å². The Morgan fingerprint density at radius 1 is 0.286 bits per heavy atom. The van der Waals surface area contributed by atoms with Gasteiger partial charge in [-0.2, -0.15) is 0 Å². The predicted octanol–water partition coefficient (Wildman–Crippen LogP) is 20.8. The van der Waals surface area contributed by atoms with Crippen molar-refractivity contribution in [2.24, 2.45) is 0 Å². The first kappa shape index (κ1) is 47.2. The van der Waals surface area contributed by atoms with E-state index in [4.69, 9.17) is 9.97 Å². The van der Waals surface area contributed by atoms with Gasteiger partial charge in [0.1, 0.15) is 0 Å². The number of nitrogens with zero attached hydrogens (tertiary/aromatic N) is 4. The van der Waals surface area contributed by atoms with Crippen molar-refractivity contribution in [3.8, 4) is 101 Å². The molecule has 0 saturated heterocycles. The summed E-state index contributed by atoms with van der Waals surface area (Å²) in [5, 5.41) is 7.37. The number of hydrogen-bond donors (Lipinski definition) is 0. The first-order valence-corrected chi connectivity index (χ1v) is 29.4. The SMILES string of the molecule is CC1(C)c2ccccc2-c2ccc(-n3c4ccccc4c4cc(-c5ccc(-c6nc(-c7cccc(-c8ccc9c(c8)c8ccccc8n9-c8ccc9c(c8)C(C)(C)c8ccccc8-9)c7)nc7c6-c6cccc8cccc-7c68)cc5)ccc43)cc21. The van der Waals surface area contributed by atoms with Gasteiger partial charge in [0.15, 0.2) is 5.82 Å². The van der Waals surface area contributed by atoms with E-state index in [1.54, 1.807) is 0 Å². The van der Waals surface area contributed by atoms with Gasteiger partial charge >= 0.3 is 0 Å². The van der Waals surface area contributed by atoms with E-state index in [0.717, 1.165) is 50.3 Å². The molecule has 3 aliphatic carbocycles. The Kier molecular flexibility index (Phi) is 9.60. The molecule has 0 atom stereocenters. The summed E-state index contributed by atoms with van der Waals surface area (Å²) >= 11 is 0. The third-order valence-electron chi connectivity index (χ3n) is 19.3. The highest BCUT2D eigenvalue weighted by Crippen LogP contribution is 2.53. The molecule has 0 bridgehead atoms. The largest absolute Gasteiger partial charge is 0.309 e. The molecule has 0 radical (unpaired) electrons. The molecule has 0 aliphatic heterocycles. The molecule has 0 fully saturated rings. The van der Waals surface area contributed by atoms with Gasteiger partial charge in [-0.25, -0.2) is 9.97 Å². The molecule has 18 rings (SSSR count). The number of para-hydroxylation sites is 2. The lowest BCUT2D eigenvalue weighted by Gasteiger charge is -2.22. The molecule has 84 heavy (non-hydrogen) atoms. The molecular formula is C80H54N4. The second-order valence-electron chi connectivity index (χ2n) is 24.5. The van der Waals surface area contributed by atoms with E-state index in [1.165, 1.54) is 121 Å². The van der Waals surface area contributed by atoms with Crippen molar-refractivity contribution in [3.63, 3.8) is 0 Å². The third-order valence-corrected chi connectivity index (χ3v) is 19.3. The van der Waals surface area contributed by atoms with E-state index in [0.29, 0.717) is 5.82 Å². The molecule has 4 heteroatoms. The average molecular weight is 1070 g/mol. The van der Waals surface area contributed by atoms with Gasteiger partial charge in [-0.1, -0.05) is 216 Å². The molecule has 0 amide bonds. The fraction of sp³-hybridized carbons (Fsp3) is 0.0750. The molecule has 3 aromatic heterocycles. The van der Waals surface area contributed by atoms with Crippen molar-refractivity contribution in [2.75, 3.05) is 0 Å². The van der Waals surface area contributed by atoms with Crippen LogP contribution in [0.2, 0.25) is 0 Å². The topological polar surface area (TPSA) is 35.6 Å². The van der Waals surface area contributed by atoms with E-state index in [9.17, 15) is 0 Å². The van der Waals surface area contributed by atoms with Gasteiger partial charge in [-0.3, -0.25) is 0 Å². The van der Waals surface area contributed by atoms with Gasteiger partial charge < -0.3 is 9.13 Å². The number of benzene rings is 12. The smallest absolute Gasteiger partial charge is 0.160 e. The molecule has 394 valence electrons. The fourth-order valence-corrected chi connectivity index (χ4v) is 15.2. The summed E-state index contributed by atoms with van der Waals surface area (Å²) in [7, 11) is 0. The lowest BCUT2D eigenvalue weighted by Crippen LogP contribution is -2.15. The molecule has 0 unspecified atom stereocenters. The zero-order valence-electron chi connectivity index (χ0n) is 47.0. The Morgan fingerprint density at radius 3 is 1.33 bits per heavy atom. The summed E-state index contributed by atoms with van der Waals surface area (Å²) in [5.41, 5.74) is 29.7. The maximum absolute atomic E-state index is 5.60. The van der Waals surface area contributed by atoms with Crippen LogP contribution in [-0.2, 0) is 10.8 Å². The van der Waals surface area contributed by atoms with Crippen LogP contribution in [0.1, 0.15) is 49.9 Å². The van der Waals surface area contributed by atoms with Crippen LogP contribution in [-0.4, -0.2) is 19.1 Å². The van der Waals surface area contributed by atoms with Crippen molar-refractivity contribution in [2.45, 2.75) is 38.5 Å². The second-order valence-corrected chi connectivity index (χ2v) is 24.5. The molecule has 15 aromatic rings. The Bertz CT molecular complexity index is 5370. The third kappa shape index (κ3) is 6.54. The van der Waals surface area contributed by atoms with Crippen LogP contribution < -0.4 is 0 Å². The van der Waals surface area contributed by atoms with Crippen molar-refractivity contribution >= 4 is 54.4 Å². The molecule has 0 saturated carbocycles. The minimum atomic E-state index is -0.0942. The van der Waals surface area contributed by atoms with Crippen molar-refractivity contribution in [1.29, 1.82) is 0 Å². The summed E-state index contributed by atoms with van der Waals surface area (Å²) in [6, 6.07) is 94.6. The minimum absolute atomic E-state index is 0.0885. The predicted molar refractivity (Wildman–Crippen MR) is 350 cm³/mol.